The van der Waals surface area contributed by atoms with Crippen molar-refractivity contribution in [3.63, 3.8) is 0 Å². The molecule has 0 fully saturated rings. The van der Waals surface area contributed by atoms with Crippen LogP contribution in [0, 0.1) is 0 Å². The SMILES string of the molecule is COc1cc(Cl)c(Cl)c(C(=O)N(C)OC)c1OC(F)F. The predicted octanol–water partition coefficient (Wildman–Crippen LogP) is 3.24. The molecule has 0 aliphatic rings. The quantitative estimate of drug-likeness (QED) is 0.778. The van der Waals surface area contributed by atoms with E-state index in [-0.39, 0.29) is 21.4 Å². The van der Waals surface area contributed by atoms with Crippen LogP contribution in [0.4, 0.5) is 8.78 Å². The van der Waals surface area contributed by atoms with Gasteiger partial charge in [-0.15, -0.1) is 0 Å². The molecular weight excluding hydrogens is 319 g/mol. The van der Waals surface area contributed by atoms with E-state index in [1.54, 1.807) is 0 Å². The molecule has 0 aliphatic heterocycles. The smallest absolute Gasteiger partial charge is 0.387 e. The van der Waals surface area contributed by atoms with Crippen molar-refractivity contribution in [3.05, 3.63) is 21.7 Å². The number of benzene rings is 1. The van der Waals surface area contributed by atoms with Crippen LogP contribution in [-0.4, -0.2) is 38.8 Å². The molecule has 0 atom stereocenters. The molecule has 112 valence electrons. The molecule has 1 rings (SSSR count). The molecule has 1 aromatic rings. The molecule has 0 bridgehead atoms. The third-order valence-corrected chi connectivity index (χ3v) is 3.13. The first-order valence-corrected chi connectivity index (χ1v) is 5.92. The number of amides is 1. The second kappa shape index (κ2) is 6.92. The molecule has 0 radical (unpaired) electrons. The van der Waals surface area contributed by atoms with E-state index >= 15 is 0 Å². The van der Waals surface area contributed by atoms with E-state index in [4.69, 9.17) is 32.8 Å². The highest BCUT2D eigenvalue weighted by atomic mass is 35.5. The molecule has 0 unspecified atom stereocenters. The number of rotatable bonds is 5. The predicted molar refractivity (Wildman–Crippen MR) is 68.7 cm³/mol. The monoisotopic (exact) mass is 329 g/mol. The molecule has 1 aromatic carbocycles. The van der Waals surface area contributed by atoms with Crippen molar-refractivity contribution in [2.75, 3.05) is 21.3 Å². The number of ether oxygens (including phenoxy) is 2. The zero-order valence-corrected chi connectivity index (χ0v) is 12.3. The molecule has 0 saturated heterocycles. The summed E-state index contributed by atoms with van der Waals surface area (Å²) in [5.74, 6) is -1.47. The standard InChI is InChI=1S/C11H11Cl2F2NO4/c1-16(19-3)10(17)7-8(13)5(12)4-6(18-2)9(7)20-11(14)15/h4,11H,1-3H3. The number of hydrogen-bond donors (Lipinski definition) is 0. The molecule has 0 spiro atoms. The summed E-state index contributed by atoms with van der Waals surface area (Å²) in [6, 6.07) is 1.17. The number of hydroxylamine groups is 2. The Hall–Kier alpha value is -1.31. The largest absolute Gasteiger partial charge is 0.493 e. The van der Waals surface area contributed by atoms with Gasteiger partial charge in [0.05, 0.1) is 24.3 Å². The van der Waals surface area contributed by atoms with E-state index in [9.17, 15) is 13.6 Å². The van der Waals surface area contributed by atoms with Crippen LogP contribution in [0.15, 0.2) is 6.07 Å². The van der Waals surface area contributed by atoms with Crippen LogP contribution in [0.2, 0.25) is 10.0 Å². The maximum atomic E-state index is 12.5. The van der Waals surface area contributed by atoms with Crippen molar-refractivity contribution in [1.82, 2.24) is 5.06 Å². The summed E-state index contributed by atoms with van der Waals surface area (Å²) in [5.41, 5.74) is -0.374. The van der Waals surface area contributed by atoms with E-state index in [1.807, 2.05) is 0 Å². The number of alkyl halides is 2. The molecule has 1 amide bonds. The lowest BCUT2D eigenvalue weighted by atomic mass is 10.1. The average molecular weight is 330 g/mol. The highest BCUT2D eigenvalue weighted by molar-refractivity contribution is 6.44. The number of carbonyl (C=O) groups excluding carboxylic acids is 1. The van der Waals surface area contributed by atoms with Gasteiger partial charge in [-0.05, 0) is 0 Å². The topological polar surface area (TPSA) is 48.0 Å². The van der Waals surface area contributed by atoms with E-state index in [2.05, 4.69) is 4.74 Å². The summed E-state index contributed by atoms with van der Waals surface area (Å²) >= 11 is 11.7. The third kappa shape index (κ3) is 3.41. The zero-order chi connectivity index (χ0) is 15.4. The van der Waals surface area contributed by atoms with Gasteiger partial charge in [0.25, 0.3) is 5.91 Å². The zero-order valence-electron chi connectivity index (χ0n) is 10.7. The second-order valence-electron chi connectivity index (χ2n) is 3.44. The van der Waals surface area contributed by atoms with Crippen LogP contribution in [-0.2, 0) is 4.84 Å². The Kier molecular flexibility index (Phi) is 5.79. The Morgan fingerprint density at radius 3 is 2.40 bits per heavy atom. The Labute approximate surface area is 123 Å². The number of methoxy groups -OCH3 is 1. The summed E-state index contributed by atoms with van der Waals surface area (Å²) in [7, 11) is 3.71. The number of halogens is 4. The average Bonchev–Trinajstić information content (AvgIpc) is 2.40. The molecule has 0 N–H and O–H groups in total. The Morgan fingerprint density at radius 1 is 1.35 bits per heavy atom. The lowest BCUT2D eigenvalue weighted by Crippen LogP contribution is -2.26. The van der Waals surface area contributed by atoms with Crippen molar-refractivity contribution in [3.8, 4) is 11.5 Å². The van der Waals surface area contributed by atoms with E-state index in [0.717, 1.165) is 5.06 Å². The number of hydrogen-bond acceptors (Lipinski definition) is 4. The second-order valence-corrected chi connectivity index (χ2v) is 4.23. The van der Waals surface area contributed by atoms with Gasteiger partial charge >= 0.3 is 6.61 Å². The first-order valence-electron chi connectivity index (χ1n) is 5.16. The summed E-state index contributed by atoms with van der Waals surface area (Å²) in [6.45, 7) is -3.17. The van der Waals surface area contributed by atoms with E-state index in [1.165, 1.54) is 27.3 Å². The van der Waals surface area contributed by atoms with Crippen LogP contribution in [0.5, 0.6) is 11.5 Å². The lowest BCUT2D eigenvalue weighted by Gasteiger charge is -2.19. The molecule has 0 heterocycles. The highest BCUT2D eigenvalue weighted by Crippen LogP contribution is 2.42. The first kappa shape index (κ1) is 16.7. The van der Waals surface area contributed by atoms with E-state index in [0.29, 0.717) is 0 Å². The Bertz CT molecular complexity index is 514. The molecule has 0 saturated carbocycles. The minimum Gasteiger partial charge on any atom is -0.493 e. The summed E-state index contributed by atoms with van der Waals surface area (Å²) in [5, 5.41) is 0.505. The molecule has 0 aromatic heterocycles. The van der Waals surface area contributed by atoms with Gasteiger partial charge in [-0.25, -0.2) is 5.06 Å². The highest BCUT2D eigenvalue weighted by Gasteiger charge is 2.28. The molecule has 20 heavy (non-hydrogen) atoms. The fourth-order valence-corrected chi connectivity index (χ4v) is 1.79. The normalized spacial score (nSPS) is 10.6. The Balaban J connectivity index is 3.51. The van der Waals surface area contributed by atoms with E-state index < -0.39 is 18.3 Å². The van der Waals surface area contributed by atoms with Gasteiger partial charge in [-0.2, -0.15) is 8.78 Å². The summed E-state index contributed by atoms with van der Waals surface area (Å²) in [4.78, 5) is 16.8. The van der Waals surface area contributed by atoms with Crippen molar-refractivity contribution < 1.29 is 27.9 Å². The molecule has 9 heteroatoms. The van der Waals surface area contributed by atoms with Crippen molar-refractivity contribution >= 4 is 29.1 Å². The summed E-state index contributed by atoms with van der Waals surface area (Å²) in [6.07, 6.45) is 0. The van der Waals surface area contributed by atoms with Crippen LogP contribution in [0.3, 0.4) is 0 Å². The maximum absolute atomic E-state index is 12.5. The van der Waals surface area contributed by atoms with Gasteiger partial charge in [-0.1, -0.05) is 23.2 Å². The van der Waals surface area contributed by atoms with Gasteiger partial charge in [0.15, 0.2) is 11.5 Å². The van der Waals surface area contributed by atoms with Crippen LogP contribution < -0.4 is 9.47 Å². The van der Waals surface area contributed by atoms with Crippen LogP contribution in [0.25, 0.3) is 0 Å². The molecule has 0 aliphatic carbocycles. The lowest BCUT2D eigenvalue weighted by molar-refractivity contribution is -0.0772. The molecule has 5 nitrogen and oxygen atoms in total. The minimum atomic E-state index is -3.17. The summed E-state index contributed by atoms with van der Waals surface area (Å²) < 4.78 is 34.2. The van der Waals surface area contributed by atoms with Gasteiger partial charge in [-0.3, -0.25) is 9.63 Å². The fourth-order valence-electron chi connectivity index (χ4n) is 1.38. The molecular formula is C11H11Cl2F2NO4. The van der Waals surface area contributed by atoms with Crippen molar-refractivity contribution in [1.29, 1.82) is 0 Å². The number of carbonyl (C=O) groups is 1. The minimum absolute atomic E-state index is 0.0435. The van der Waals surface area contributed by atoms with Gasteiger partial charge in [0, 0.05) is 13.1 Å². The third-order valence-electron chi connectivity index (χ3n) is 2.34. The number of nitrogens with zero attached hydrogens (tertiary/aromatic N) is 1. The van der Waals surface area contributed by atoms with Crippen LogP contribution >= 0.6 is 23.2 Å². The maximum Gasteiger partial charge on any atom is 0.387 e. The van der Waals surface area contributed by atoms with Crippen LogP contribution in [0.1, 0.15) is 10.4 Å². The van der Waals surface area contributed by atoms with Crippen molar-refractivity contribution in [2.24, 2.45) is 0 Å². The first-order chi connectivity index (χ1) is 9.33. The van der Waals surface area contributed by atoms with Gasteiger partial charge < -0.3 is 9.47 Å². The van der Waals surface area contributed by atoms with Crippen molar-refractivity contribution in [2.45, 2.75) is 6.61 Å². The van der Waals surface area contributed by atoms with Gasteiger partial charge in [0.2, 0.25) is 0 Å². The fraction of sp³-hybridized carbons (Fsp3) is 0.364. The van der Waals surface area contributed by atoms with Gasteiger partial charge in [0.1, 0.15) is 5.56 Å². The Morgan fingerprint density at radius 2 is 1.95 bits per heavy atom.